The lowest BCUT2D eigenvalue weighted by molar-refractivity contribution is 0.0696. The summed E-state index contributed by atoms with van der Waals surface area (Å²) in [6.07, 6.45) is -0.203. The van der Waals surface area contributed by atoms with E-state index in [-0.39, 0.29) is 35.9 Å². The van der Waals surface area contributed by atoms with Gasteiger partial charge in [0.25, 0.3) is 0 Å². The van der Waals surface area contributed by atoms with E-state index in [1.165, 1.54) is 29.3 Å². The summed E-state index contributed by atoms with van der Waals surface area (Å²) in [5.41, 5.74) is 4.91. The largest absolute Gasteiger partial charge is 0.507 e. The number of rotatable bonds is 5. The normalized spacial score (nSPS) is 11.6. The molecule has 32 heavy (non-hydrogen) atoms. The highest BCUT2D eigenvalue weighted by Crippen LogP contribution is 2.44. The van der Waals surface area contributed by atoms with Crippen molar-refractivity contribution in [2.45, 2.75) is 12.3 Å². The predicted octanol–water partition coefficient (Wildman–Crippen LogP) is 4.37. The van der Waals surface area contributed by atoms with Crippen LogP contribution >= 0.6 is 0 Å². The van der Waals surface area contributed by atoms with Gasteiger partial charge >= 0.3 is 12.1 Å². The van der Waals surface area contributed by atoms with Gasteiger partial charge in [-0.2, -0.15) is 0 Å². The zero-order chi connectivity index (χ0) is 22.5. The first-order chi connectivity index (χ1) is 15.5. The molecule has 0 spiro atoms. The molecule has 3 aromatic carbocycles. The number of hydrogen-bond donors (Lipinski definition) is 3. The molecule has 0 unspecified atom stereocenters. The fourth-order valence-electron chi connectivity index (χ4n) is 3.80. The molecule has 0 saturated carbocycles. The summed E-state index contributed by atoms with van der Waals surface area (Å²) in [6.45, 7) is 0.504. The van der Waals surface area contributed by atoms with Crippen LogP contribution in [0.2, 0.25) is 0 Å². The maximum atomic E-state index is 12.1. The van der Waals surface area contributed by atoms with Gasteiger partial charge in [-0.05, 0) is 40.5 Å². The van der Waals surface area contributed by atoms with Crippen molar-refractivity contribution in [2.75, 3.05) is 13.2 Å². The molecule has 4 rings (SSSR count). The van der Waals surface area contributed by atoms with Crippen LogP contribution in [0.5, 0.6) is 5.75 Å². The number of carboxylic acid groups (broad SMARTS) is 1. The van der Waals surface area contributed by atoms with Crippen molar-refractivity contribution in [1.82, 2.24) is 5.32 Å². The Morgan fingerprint density at radius 3 is 2.28 bits per heavy atom. The van der Waals surface area contributed by atoms with Crippen molar-refractivity contribution in [1.29, 1.82) is 0 Å². The van der Waals surface area contributed by atoms with E-state index in [9.17, 15) is 14.7 Å². The zero-order valence-corrected chi connectivity index (χ0v) is 17.2. The molecule has 1 aliphatic carbocycles. The molecule has 3 aromatic rings. The third-order valence-electron chi connectivity index (χ3n) is 5.33. The Morgan fingerprint density at radius 1 is 0.969 bits per heavy atom. The SMILES string of the molecule is O=C(NCCC#Cc1cc(C(=O)O)ccc1O)OCC1c2ccccc2-c2ccccc21. The minimum Gasteiger partial charge on any atom is -0.507 e. The topological polar surface area (TPSA) is 95.9 Å². The first kappa shape index (κ1) is 21.0. The number of aromatic hydroxyl groups is 1. The fourth-order valence-corrected chi connectivity index (χ4v) is 3.80. The third kappa shape index (κ3) is 4.42. The number of carbonyl (C=O) groups excluding carboxylic acids is 1. The molecule has 0 aromatic heterocycles. The van der Waals surface area contributed by atoms with Crippen molar-refractivity contribution >= 4 is 12.1 Å². The van der Waals surface area contributed by atoms with Gasteiger partial charge in [0, 0.05) is 18.9 Å². The number of hydrogen-bond acceptors (Lipinski definition) is 4. The monoisotopic (exact) mass is 427 g/mol. The molecular formula is C26H21NO5. The van der Waals surface area contributed by atoms with Crippen LogP contribution in [-0.2, 0) is 4.74 Å². The van der Waals surface area contributed by atoms with Crippen molar-refractivity contribution < 1.29 is 24.5 Å². The second kappa shape index (κ2) is 9.27. The summed E-state index contributed by atoms with van der Waals surface area (Å²) in [6, 6.07) is 20.2. The molecule has 1 aliphatic rings. The van der Waals surface area contributed by atoms with E-state index >= 15 is 0 Å². The van der Waals surface area contributed by atoms with Crippen molar-refractivity contribution in [3.05, 3.63) is 89.0 Å². The molecule has 3 N–H and O–H groups in total. The number of aromatic carboxylic acids is 1. The third-order valence-corrected chi connectivity index (χ3v) is 5.33. The van der Waals surface area contributed by atoms with Crippen molar-refractivity contribution in [2.24, 2.45) is 0 Å². The lowest BCUT2D eigenvalue weighted by atomic mass is 9.98. The van der Waals surface area contributed by atoms with Crippen LogP contribution in [0.25, 0.3) is 11.1 Å². The molecule has 0 heterocycles. The van der Waals surface area contributed by atoms with Gasteiger partial charge in [-0.3, -0.25) is 0 Å². The van der Waals surface area contributed by atoms with Crippen LogP contribution in [0, 0.1) is 11.8 Å². The molecule has 0 saturated heterocycles. The van der Waals surface area contributed by atoms with Gasteiger partial charge in [-0.15, -0.1) is 0 Å². The van der Waals surface area contributed by atoms with Crippen molar-refractivity contribution in [3.8, 4) is 28.7 Å². The van der Waals surface area contributed by atoms with Gasteiger partial charge in [0.1, 0.15) is 12.4 Å². The van der Waals surface area contributed by atoms with E-state index in [1.807, 2.05) is 24.3 Å². The van der Waals surface area contributed by atoms with Crippen LogP contribution < -0.4 is 5.32 Å². The molecule has 0 atom stereocenters. The molecule has 0 aliphatic heterocycles. The van der Waals surface area contributed by atoms with E-state index in [4.69, 9.17) is 9.84 Å². The Hall–Kier alpha value is -4.24. The standard InChI is InChI=1S/C26H21NO5/c28-24-13-12-18(25(29)30)15-17(24)7-5-6-14-27-26(31)32-16-23-21-10-3-1-8-19(21)20-9-2-4-11-22(20)23/h1-4,8-13,15,23,28H,6,14,16H2,(H,27,31)(H,29,30). The van der Waals surface area contributed by atoms with Crippen LogP contribution in [0.1, 0.15) is 39.4 Å². The Morgan fingerprint density at radius 2 is 1.62 bits per heavy atom. The van der Waals surface area contributed by atoms with Gasteiger partial charge in [-0.1, -0.05) is 60.4 Å². The fraction of sp³-hybridized carbons (Fsp3) is 0.154. The van der Waals surface area contributed by atoms with E-state index in [0.717, 1.165) is 11.1 Å². The van der Waals surface area contributed by atoms with Crippen LogP contribution in [0.4, 0.5) is 4.79 Å². The number of alkyl carbamates (subject to hydrolysis) is 1. The first-order valence-electron chi connectivity index (χ1n) is 10.2. The summed E-state index contributed by atoms with van der Waals surface area (Å²) in [5.74, 6) is 4.35. The number of nitrogens with one attached hydrogen (secondary N) is 1. The number of benzene rings is 3. The average Bonchev–Trinajstić information content (AvgIpc) is 3.12. The number of phenols is 1. The Balaban J connectivity index is 1.30. The average molecular weight is 427 g/mol. The second-order valence-electron chi connectivity index (χ2n) is 7.34. The highest BCUT2D eigenvalue weighted by molar-refractivity contribution is 5.88. The predicted molar refractivity (Wildman–Crippen MR) is 120 cm³/mol. The van der Waals surface area contributed by atoms with Crippen molar-refractivity contribution in [3.63, 3.8) is 0 Å². The van der Waals surface area contributed by atoms with Crippen LogP contribution in [-0.4, -0.2) is 35.4 Å². The molecule has 6 nitrogen and oxygen atoms in total. The van der Waals surface area contributed by atoms with Crippen LogP contribution in [0.15, 0.2) is 66.7 Å². The van der Waals surface area contributed by atoms with Gasteiger partial charge in [0.15, 0.2) is 0 Å². The molecule has 0 radical (unpaired) electrons. The summed E-state index contributed by atoms with van der Waals surface area (Å²) in [5, 5.41) is 21.5. The minimum absolute atomic E-state index is 0.00238. The summed E-state index contributed by atoms with van der Waals surface area (Å²) >= 11 is 0. The number of ether oxygens (including phenoxy) is 1. The zero-order valence-electron chi connectivity index (χ0n) is 17.2. The molecule has 160 valence electrons. The number of phenolic OH excluding ortho intramolecular Hbond substituents is 1. The summed E-state index contributed by atoms with van der Waals surface area (Å²) < 4.78 is 5.46. The first-order valence-corrected chi connectivity index (χ1v) is 10.2. The Kier molecular flexibility index (Phi) is 6.09. The van der Waals surface area contributed by atoms with E-state index in [0.29, 0.717) is 6.42 Å². The number of amides is 1. The Bertz CT molecular complexity index is 1190. The molecule has 0 bridgehead atoms. The van der Waals surface area contributed by atoms with Gasteiger partial charge in [0.05, 0.1) is 11.1 Å². The second-order valence-corrected chi connectivity index (χ2v) is 7.34. The summed E-state index contributed by atoms with van der Waals surface area (Å²) in [7, 11) is 0. The van der Waals surface area contributed by atoms with Gasteiger partial charge < -0.3 is 20.3 Å². The maximum absolute atomic E-state index is 12.1. The smallest absolute Gasteiger partial charge is 0.407 e. The maximum Gasteiger partial charge on any atom is 0.407 e. The lowest BCUT2D eigenvalue weighted by Crippen LogP contribution is -2.26. The highest BCUT2D eigenvalue weighted by atomic mass is 16.5. The highest BCUT2D eigenvalue weighted by Gasteiger charge is 2.28. The van der Waals surface area contributed by atoms with Gasteiger partial charge in [-0.25, -0.2) is 9.59 Å². The molecule has 0 fully saturated rings. The number of fused-ring (bicyclic) bond motifs is 3. The van der Waals surface area contributed by atoms with Crippen LogP contribution in [0.3, 0.4) is 0 Å². The lowest BCUT2D eigenvalue weighted by Gasteiger charge is -2.14. The Labute approximate surface area is 185 Å². The minimum atomic E-state index is -1.09. The summed E-state index contributed by atoms with van der Waals surface area (Å²) in [4.78, 5) is 23.2. The molecule has 6 heteroatoms. The van der Waals surface area contributed by atoms with E-state index in [1.54, 1.807) is 0 Å². The molecule has 1 amide bonds. The van der Waals surface area contributed by atoms with E-state index in [2.05, 4.69) is 41.4 Å². The number of carbonyl (C=O) groups is 2. The molecular weight excluding hydrogens is 406 g/mol. The van der Waals surface area contributed by atoms with Gasteiger partial charge in [0.2, 0.25) is 0 Å². The number of carboxylic acids is 1. The van der Waals surface area contributed by atoms with E-state index < -0.39 is 12.1 Å². The quantitative estimate of drug-likeness (QED) is 0.415.